The highest BCUT2D eigenvalue weighted by Gasteiger charge is 2.20. The molecule has 2 heterocycles. The van der Waals surface area contributed by atoms with Gasteiger partial charge in [0.1, 0.15) is 13.2 Å². The number of rotatable bonds is 2. The highest BCUT2D eigenvalue weighted by Crippen LogP contribution is 2.40. The van der Waals surface area contributed by atoms with Crippen molar-refractivity contribution in [3.05, 3.63) is 83.2 Å². The average molecular weight is 355 g/mol. The SMILES string of the molecule is O=c1[nH]c2cc3c(cc2c(-c2ccccc2)c1-c1ccccc1)OCCO3. The summed E-state index contributed by atoms with van der Waals surface area (Å²) in [4.78, 5) is 16.1. The number of fused-ring (bicyclic) bond motifs is 2. The number of ether oxygens (including phenoxy) is 2. The molecular formula is C23H17NO3. The molecule has 0 radical (unpaired) electrons. The Morgan fingerprint density at radius 1 is 0.704 bits per heavy atom. The van der Waals surface area contributed by atoms with Crippen LogP contribution in [0.2, 0.25) is 0 Å². The van der Waals surface area contributed by atoms with Gasteiger partial charge in [-0.1, -0.05) is 60.7 Å². The molecular weight excluding hydrogens is 338 g/mol. The zero-order valence-corrected chi connectivity index (χ0v) is 14.6. The second-order valence-electron chi connectivity index (χ2n) is 6.48. The third-order valence-corrected chi connectivity index (χ3v) is 4.80. The van der Waals surface area contributed by atoms with Crippen LogP contribution in [0, 0.1) is 0 Å². The Labute approximate surface area is 156 Å². The topological polar surface area (TPSA) is 51.3 Å². The van der Waals surface area contributed by atoms with E-state index in [2.05, 4.69) is 4.98 Å². The molecule has 4 aromatic rings. The Bertz CT molecular complexity index is 1180. The third-order valence-electron chi connectivity index (χ3n) is 4.80. The molecule has 0 aliphatic carbocycles. The van der Waals surface area contributed by atoms with Gasteiger partial charge in [0.25, 0.3) is 5.56 Å². The van der Waals surface area contributed by atoms with E-state index < -0.39 is 0 Å². The zero-order chi connectivity index (χ0) is 18.2. The summed E-state index contributed by atoms with van der Waals surface area (Å²) in [5, 5.41) is 0.934. The molecule has 0 saturated carbocycles. The number of nitrogens with one attached hydrogen (secondary N) is 1. The summed E-state index contributed by atoms with van der Waals surface area (Å²) in [6.07, 6.45) is 0. The lowest BCUT2D eigenvalue weighted by molar-refractivity contribution is 0.172. The van der Waals surface area contributed by atoms with Gasteiger partial charge in [0, 0.05) is 17.0 Å². The Morgan fingerprint density at radius 2 is 1.26 bits per heavy atom. The molecule has 0 fully saturated rings. The molecule has 0 atom stereocenters. The lowest BCUT2D eigenvalue weighted by Crippen LogP contribution is -2.16. The van der Waals surface area contributed by atoms with Crippen molar-refractivity contribution in [2.75, 3.05) is 13.2 Å². The number of aromatic nitrogens is 1. The van der Waals surface area contributed by atoms with E-state index in [-0.39, 0.29) is 5.56 Å². The molecule has 4 nitrogen and oxygen atoms in total. The number of aromatic amines is 1. The molecule has 132 valence electrons. The first kappa shape index (κ1) is 15.7. The summed E-state index contributed by atoms with van der Waals surface area (Å²) >= 11 is 0. The number of H-pyrrole nitrogens is 1. The lowest BCUT2D eigenvalue weighted by atomic mass is 9.92. The minimum Gasteiger partial charge on any atom is -0.486 e. The second-order valence-corrected chi connectivity index (χ2v) is 6.48. The summed E-state index contributed by atoms with van der Waals surface area (Å²) in [7, 11) is 0. The van der Waals surface area contributed by atoms with Gasteiger partial charge < -0.3 is 14.5 Å². The molecule has 1 N–H and O–H groups in total. The Hall–Kier alpha value is -3.53. The van der Waals surface area contributed by atoms with E-state index in [1.807, 2.05) is 72.8 Å². The first-order chi connectivity index (χ1) is 13.3. The minimum absolute atomic E-state index is 0.121. The van der Waals surface area contributed by atoms with Crippen molar-refractivity contribution in [1.29, 1.82) is 0 Å². The van der Waals surface area contributed by atoms with Gasteiger partial charge >= 0.3 is 0 Å². The number of pyridine rings is 1. The van der Waals surface area contributed by atoms with E-state index >= 15 is 0 Å². The lowest BCUT2D eigenvalue weighted by Gasteiger charge is -2.20. The largest absolute Gasteiger partial charge is 0.486 e. The van der Waals surface area contributed by atoms with Gasteiger partial charge in [0.05, 0.1) is 11.1 Å². The molecule has 0 bridgehead atoms. The van der Waals surface area contributed by atoms with Gasteiger partial charge in [-0.25, -0.2) is 0 Å². The normalized spacial score (nSPS) is 12.9. The van der Waals surface area contributed by atoms with Crippen LogP contribution in [0.4, 0.5) is 0 Å². The summed E-state index contributed by atoms with van der Waals surface area (Å²) < 4.78 is 11.5. The molecule has 27 heavy (non-hydrogen) atoms. The van der Waals surface area contributed by atoms with Crippen LogP contribution < -0.4 is 15.0 Å². The van der Waals surface area contributed by atoms with Crippen LogP contribution in [-0.2, 0) is 0 Å². The fraction of sp³-hybridized carbons (Fsp3) is 0.0870. The van der Waals surface area contributed by atoms with Gasteiger partial charge in [0.2, 0.25) is 0 Å². The maximum absolute atomic E-state index is 13.1. The van der Waals surface area contributed by atoms with Crippen LogP contribution in [0.3, 0.4) is 0 Å². The first-order valence-electron chi connectivity index (χ1n) is 8.92. The highest BCUT2D eigenvalue weighted by atomic mass is 16.6. The first-order valence-corrected chi connectivity index (χ1v) is 8.92. The number of hydrogen-bond donors (Lipinski definition) is 1. The molecule has 1 aromatic heterocycles. The van der Waals surface area contributed by atoms with Gasteiger partial charge in [-0.15, -0.1) is 0 Å². The van der Waals surface area contributed by atoms with E-state index in [1.54, 1.807) is 0 Å². The van der Waals surface area contributed by atoms with Crippen LogP contribution >= 0.6 is 0 Å². The van der Waals surface area contributed by atoms with E-state index in [0.717, 1.165) is 27.6 Å². The average Bonchev–Trinajstić information content (AvgIpc) is 2.72. The fourth-order valence-corrected chi connectivity index (χ4v) is 3.62. The van der Waals surface area contributed by atoms with E-state index in [9.17, 15) is 4.79 Å². The predicted molar refractivity (Wildman–Crippen MR) is 106 cm³/mol. The maximum atomic E-state index is 13.1. The van der Waals surface area contributed by atoms with Gasteiger partial charge in [-0.3, -0.25) is 4.79 Å². The van der Waals surface area contributed by atoms with E-state index in [0.29, 0.717) is 30.3 Å². The molecule has 5 rings (SSSR count). The number of benzene rings is 3. The van der Waals surface area contributed by atoms with Crippen molar-refractivity contribution >= 4 is 10.9 Å². The van der Waals surface area contributed by atoms with Crippen molar-refractivity contribution in [1.82, 2.24) is 4.98 Å². The molecule has 3 aromatic carbocycles. The molecule has 1 aliphatic rings. The quantitative estimate of drug-likeness (QED) is 0.570. The van der Waals surface area contributed by atoms with Crippen molar-refractivity contribution in [3.63, 3.8) is 0 Å². The molecule has 0 spiro atoms. The van der Waals surface area contributed by atoms with Gasteiger partial charge in [-0.05, 0) is 17.2 Å². The molecule has 0 saturated heterocycles. The fourth-order valence-electron chi connectivity index (χ4n) is 3.62. The summed E-state index contributed by atoms with van der Waals surface area (Å²) in [5.74, 6) is 1.37. The molecule has 0 unspecified atom stereocenters. The third kappa shape index (κ3) is 2.66. The van der Waals surface area contributed by atoms with Crippen LogP contribution in [0.5, 0.6) is 11.5 Å². The standard InChI is InChI=1S/C23H17NO3/c25-23-22(16-9-5-2-6-10-16)21(15-7-3-1-4-8-15)17-13-19-20(14-18(17)24-23)27-12-11-26-19/h1-10,13-14H,11-12H2,(H,24,25). The zero-order valence-electron chi connectivity index (χ0n) is 14.6. The molecule has 4 heteroatoms. The van der Waals surface area contributed by atoms with Crippen LogP contribution in [-0.4, -0.2) is 18.2 Å². The van der Waals surface area contributed by atoms with Crippen LogP contribution in [0.25, 0.3) is 33.2 Å². The van der Waals surface area contributed by atoms with Crippen molar-refractivity contribution in [2.24, 2.45) is 0 Å². The Morgan fingerprint density at radius 3 is 1.89 bits per heavy atom. The maximum Gasteiger partial charge on any atom is 0.256 e. The van der Waals surface area contributed by atoms with Crippen molar-refractivity contribution in [2.45, 2.75) is 0 Å². The van der Waals surface area contributed by atoms with Crippen LogP contribution in [0.15, 0.2) is 77.6 Å². The van der Waals surface area contributed by atoms with Gasteiger partial charge in [-0.2, -0.15) is 0 Å². The second kappa shape index (κ2) is 6.32. The smallest absolute Gasteiger partial charge is 0.256 e. The van der Waals surface area contributed by atoms with Crippen molar-refractivity contribution in [3.8, 4) is 33.8 Å². The van der Waals surface area contributed by atoms with Crippen molar-refractivity contribution < 1.29 is 9.47 Å². The summed E-state index contributed by atoms with van der Waals surface area (Å²) in [5.41, 5.74) is 4.05. The predicted octanol–water partition coefficient (Wildman–Crippen LogP) is 4.63. The monoisotopic (exact) mass is 355 g/mol. The summed E-state index contributed by atoms with van der Waals surface area (Å²) in [6, 6.07) is 23.6. The van der Waals surface area contributed by atoms with E-state index in [1.165, 1.54) is 0 Å². The van der Waals surface area contributed by atoms with Crippen LogP contribution in [0.1, 0.15) is 0 Å². The summed E-state index contributed by atoms with van der Waals surface area (Å²) in [6.45, 7) is 1.03. The number of hydrogen-bond acceptors (Lipinski definition) is 3. The molecule has 1 aliphatic heterocycles. The highest BCUT2D eigenvalue weighted by molar-refractivity contribution is 6.03. The Kier molecular flexibility index (Phi) is 3.68. The minimum atomic E-state index is -0.121. The van der Waals surface area contributed by atoms with Gasteiger partial charge in [0.15, 0.2) is 11.5 Å². The molecule has 0 amide bonds. The Balaban J connectivity index is 1.91. The van der Waals surface area contributed by atoms with E-state index in [4.69, 9.17) is 9.47 Å².